The minimum atomic E-state index is -4.42. The van der Waals surface area contributed by atoms with Gasteiger partial charge in [0.1, 0.15) is 11.5 Å². The van der Waals surface area contributed by atoms with Gasteiger partial charge in [-0.3, -0.25) is 4.79 Å². The van der Waals surface area contributed by atoms with Crippen LogP contribution in [0.2, 0.25) is 0 Å². The minimum absolute atomic E-state index is 0.138. The lowest BCUT2D eigenvalue weighted by Gasteiger charge is -2.09. The summed E-state index contributed by atoms with van der Waals surface area (Å²) in [6.45, 7) is 1.91. The summed E-state index contributed by atoms with van der Waals surface area (Å²) in [5.74, 6) is -0.0175. The predicted molar refractivity (Wildman–Crippen MR) is 86.4 cm³/mol. The van der Waals surface area contributed by atoms with Crippen molar-refractivity contribution in [1.82, 2.24) is 25.6 Å². The van der Waals surface area contributed by atoms with E-state index >= 15 is 0 Å². The molecule has 0 unspecified atom stereocenters. The zero-order valence-electron chi connectivity index (χ0n) is 14.0. The van der Waals surface area contributed by atoms with Crippen molar-refractivity contribution >= 4 is 5.91 Å². The lowest BCUT2D eigenvalue weighted by molar-refractivity contribution is -0.154. The van der Waals surface area contributed by atoms with E-state index in [9.17, 15) is 18.0 Å². The number of nitrogens with one attached hydrogen (secondary N) is 2. The van der Waals surface area contributed by atoms with E-state index < -0.39 is 12.8 Å². The maximum absolute atomic E-state index is 12.1. The predicted octanol–water partition coefficient (Wildman–Crippen LogP) is 1.85. The fourth-order valence-electron chi connectivity index (χ4n) is 1.88. The molecule has 0 aromatic carbocycles. The maximum Gasteiger partial charge on any atom is 0.422 e. The monoisotopic (exact) mass is 369 g/mol. The van der Waals surface area contributed by atoms with E-state index in [2.05, 4.69) is 30.3 Å². The molecule has 10 heteroatoms. The van der Waals surface area contributed by atoms with Crippen LogP contribution in [0.25, 0.3) is 0 Å². The number of hydrogen-bond acceptors (Lipinski definition) is 6. The third-order valence-electron chi connectivity index (χ3n) is 3.11. The van der Waals surface area contributed by atoms with Crippen LogP contribution < -0.4 is 15.4 Å². The average Bonchev–Trinajstić information content (AvgIpc) is 2.63. The van der Waals surface area contributed by atoms with Gasteiger partial charge in [-0.25, -0.2) is 15.0 Å². The second-order valence-electron chi connectivity index (χ2n) is 5.23. The van der Waals surface area contributed by atoms with Gasteiger partial charge in [0.15, 0.2) is 6.61 Å². The second-order valence-corrected chi connectivity index (χ2v) is 5.23. The quantitative estimate of drug-likeness (QED) is 0.738. The second kappa shape index (κ2) is 9.09. The molecule has 2 N–H and O–H groups in total. The smallest absolute Gasteiger partial charge is 0.422 e. The van der Waals surface area contributed by atoms with Crippen molar-refractivity contribution in [2.45, 2.75) is 26.2 Å². The Hall–Kier alpha value is -2.75. The molecular weight excluding hydrogens is 351 g/mol. The van der Waals surface area contributed by atoms with Gasteiger partial charge in [0.05, 0.1) is 6.54 Å². The normalized spacial score (nSPS) is 11.2. The van der Waals surface area contributed by atoms with Crippen molar-refractivity contribution < 1.29 is 22.7 Å². The highest BCUT2D eigenvalue weighted by molar-refractivity contribution is 5.92. The molecule has 7 nitrogen and oxygen atoms in total. The molecule has 2 heterocycles. The minimum Gasteiger partial charge on any atom is -0.468 e. The SMILES string of the molecule is CCNCc1nccc(C(=O)NCc2ccc(OCC(F)(F)F)nc2)n1. The summed E-state index contributed by atoms with van der Waals surface area (Å²) in [6.07, 6.45) is -1.58. The molecule has 2 aromatic heterocycles. The average molecular weight is 369 g/mol. The van der Waals surface area contributed by atoms with E-state index in [1.165, 1.54) is 30.6 Å². The van der Waals surface area contributed by atoms with Crippen LogP contribution in [0.3, 0.4) is 0 Å². The van der Waals surface area contributed by atoms with Gasteiger partial charge in [0.25, 0.3) is 5.91 Å². The molecule has 0 saturated carbocycles. The summed E-state index contributed by atoms with van der Waals surface area (Å²) in [5, 5.41) is 5.73. The lowest BCUT2D eigenvalue weighted by Crippen LogP contribution is -2.25. The van der Waals surface area contributed by atoms with Gasteiger partial charge >= 0.3 is 6.18 Å². The Labute approximate surface area is 148 Å². The molecular formula is C16H18F3N5O2. The van der Waals surface area contributed by atoms with Crippen LogP contribution in [0.5, 0.6) is 5.88 Å². The number of rotatable bonds is 8. The van der Waals surface area contributed by atoms with Crippen LogP contribution in [0, 0.1) is 0 Å². The van der Waals surface area contributed by atoms with E-state index in [0.29, 0.717) is 17.9 Å². The number of ether oxygens (including phenoxy) is 1. The molecule has 2 aromatic rings. The first kappa shape index (κ1) is 19.6. The number of nitrogens with zero attached hydrogens (tertiary/aromatic N) is 3. The number of carbonyl (C=O) groups excluding carboxylic acids is 1. The highest BCUT2D eigenvalue weighted by atomic mass is 19.4. The first-order valence-corrected chi connectivity index (χ1v) is 7.82. The Bertz CT molecular complexity index is 723. The lowest BCUT2D eigenvalue weighted by atomic mass is 10.2. The number of halogens is 3. The molecule has 0 atom stereocenters. The van der Waals surface area contributed by atoms with E-state index in [1.54, 1.807) is 0 Å². The summed E-state index contributed by atoms with van der Waals surface area (Å²) in [6, 6.07) is 4.33. The van der Waals surface area contributed by atoms with Crippen LogP contribution in [0.15, 0.2) is 30.6 Å². The van der Waals surface area contributed by atoms with Crippen molar-refractivity contribution in [3.8, 4) is 5.88 Å². The summed E-state index contributed by atoms with van der Waals surface area (Å²) < 4.78 is 40.7. The van der Waals surface area contributed by atoms with Gasteiger partial charge in [-0.05, 0) is 18.2 Å². The van der Waals surface area contributed by atoms with E-state index in [-0.39, 0.29) is 24.0 Å². The highest BCUT2D eigenvalue weighted by Crippen LogP contribution is 2.17. The van der Waals surface area contributed by atoms with Gasteiger partial charge in [0, 0.05) is 25.0 Å². The van der Waals surface area contributed by atoms with Gasteiger partial charge in [-0.1, -0.05) is 13.0 Å². The van der Waals surface area contributed by atoms with Crippen molar-refractivity contribution in [2.24, 2.45) is 0 Å². The first-order chi connectivity index (χ1) is 12.4. The third kappa shape index (κ3) is 6.63. The van der Waals surface area contributed by atoms with Crippen molar-refractivity contribution in [1.29, 1.82) is 0 Å². The maximum atomic E-state index is 12.1. The third-order valence-corrected chi connectivity index (χ3v) is 3.11. The summed E-state index contributed by atoms with van der Waals surface area (Å²) in [5.41, 5.74) is 0.839. The number of aromatic nitrogens is 3. The van der Waals surface area contributed by atoms with Crippen molar-refractivity contribution in [2.75, 3.05) is 13.2 Å². The van der Waals surface area contributed by atoms with Gasteiger partial charge in [-0.15, -0.1) is 0 Å². The molecule has 0 fully saturated rings. The van der Waals surface area contributed by atoms with E-state index in [1.807, 2.05) is 6.92 Å². The molecule has 140 valence electrons. The molecule has 0 aliphatic heterocycles. The molecule has 0 radical (unpaired) electrons. The topological polar surface area (TPSA) is 89.0 Å². The number of pyridine rings is 1. The fourth-order valence-corrected chi connectivity index (χ4v) is 1.88. The standard InChI is InChI=1S/C16H18F3N5O2/c1-2-20-9-13-21-6-5-12(24-13)15(25)23-8-11-3-4-14(22-7-11)26-10-16(17,18)19/h3-7,20H,2,8-10H2,1H3,(H,23,25). The van der Waals surface area contributed by atoms with Gasteiger partial charge in [-0.2, -0.15) is 13.2 Å². The zero-order chi connectivity index (χ0) is 19.0. The van der Waals surface area contributed by atoms with Crippen LogP contribution in [0.4, 0.5) is 13.2 Å². The molecule has 0 bridgehead atoms. The largest absolute Gasteiger partial charge is 0.468 e. The summed E-state index contributed by atoms with van der Waals surface area (Å²) >= 11 is 0. The molecule has 0 spiro atoms. The fraction of sp³-hybridized carbons (Fsp3) is 0.375. The number of amides is 1. The highest BCUT2D eigenvalue weighted by Gasteiger charge is 2.28. The molecule has 0 aliphatic carbocycles. The van der Waals surface area contributed by atoms with Crippen LogP contribution >= 0.6 is 0 Å². The molecule has 0 aliphatic rings. The van der Waals surface area contributed by atoms with Crippen molar-refractivity contribution in [3.05, 3.63) is 47.7 Å². The summed E-state index contributed by atoms with van der Waals surface area (Å²) in [7, 11) is 0. The number of hydrogen-bond donors (Lipinski definition) is 2. The van der Waals surface area contributed by atoms with Gasteiger partial charge < -0.3 is 15.4 Å². The van der Waals surface area contributed by atoms with Crippen molar-refractivity contribution in [3.63, 3.8) is 0 Å². The Morgan fingerprint density at radius 3 is 2.65 bits per heavy atom. The first-order valence-electron chi connectivity index (χ1n) is 7.82. The summed E-state index contributed by atoms with van der Waals surface area (Å²) in [4.78, 5) is 24.1. The van der Waals surface area contributed by atoms with E-state index in [4.69, 9.17) is 0 Å². The van der Waals surface area contributed by atoms with Crippen LogP contribution in [-0.4, -0.2) is 40.2 Å². The number of alkyl halides is 3. The molecule has 0 saturated heterocycles. The Kier molecular flexibility index (Phi) is 6.84. The zero-order valence-corrected chi connectivity index (χ0v) is 14.0. The van der Waals surface area contributed by atoms with E-state index in [0.717, 1.165) is 6.54 Å². The Morgan fingerprint density at radius 1 is 1.19 bits per heavy atom. The Balaban J connectivity index is 1.87. The molecule has 2 rings (SSSR count). The molecule has 1 amide bonds. The Morgan fingerprint density at radius 2 is 2.00 bits per heavy atom. The van der Waals surface area contributed by atoms with Gasteiger partial charge in [0.2, 0.25) is 5.88 Å². The van der Waals surface area contributed by atoms with Crippen LogP contribution in [0.1, 0.15) is 28.8 Å². The van der Waals surface area contributed by atoms with Crippen LogP contribution in [-0.2, 0) is 13.1 Å². The molecule has 26 heavy (non-hydrogen) atoms. The number of carbonyl (C=O) groups is 1.